The van der Waals surface area contributed by atoms with E-state index in [1.807, 2.05) is 0 Å². The fourth-order valence-corrected chi connectivity index (χ4v) is 0.713. The average Bonchev–Trinajstić information content (AvgIpc) is 2.17. The second-order valence-electron chi connectivity index (χ2n) is 2.07. The van der Waals surface area contributed by atoms with Crippen molar-refractivity contribution in [2.24, 2.45) is 5.73 Å². The molecule has 2 N–H and O–H groups in total. The van der Waals surface area contributed by atoms with E-state index in [2.05, 4.69) is 0 Å². The van der Waals surface area contributed by atoms with Crippen LogP contribution < -0.4 is 5.73 Å². The molecule has 11 heavy (non-hydrogen) atoms. The molecule has 1 aromatic carbocycles. The molecule has 1 rings (SSSR count). The fourth-order valence-electron chi connectivity index (χ4n) is 0.713. The van der Waals surface area contributed by atoms with Gasteiger partial charge in [-0.1, -0.05) is 12.1 Å². The number of rotatable bonds is 2. The van der Waals surface area contributed by atoms with Gasteiger partial charge in [-0.15, -0.1) is 0 Å². The van der Waals surface area contributed by atoms with Crippen LogP contribution in [0.1, 0.15) is 20.7 Å². The summed E-state index contributed by atoms with van der Waals surface area (Å²) in [6.45, 7) is 0. The first kappa shape index (κ1) is 6.09. The summed E-state index contributed by atoms with van der Waals surface area (Å²) < 4.78 is 6.58. The highest BCUT2D eigenvalue weighted by Crippen LogP contribution is 2.00. The summed E-state index contributed by atoms with van der Waals surface area (Å²) in [6.07, 6.45) is 0.697. The van der Waals surface area contributed by atoms with Gasteiger partial charge >= 0.3 is 0 Å². The van der Waals surface area contributed by atoms with Gasteiger partial charge in [-0.25, -0.2) is 0 Å². The lowest BCUT2D eigenvalue weighted by Gasteiger charge is -1.93. The third kappa shape index (κ3) is 1.64. The summed E-state index contributed by atoms with van der Waals surface area (Å²) in [5.74, 6) is -0.479. The number of amides is 1. The van der Waals surface area contributed by atoms with Crippen LogP contribution in [0.15, 0.2) is 24.3 Å². The molecule has 0 aliphatic heterocycles. The molecular weight excluding hydrogens is 142 g/mol. The van der Waals surface area contributed by atoms with E-state index in [0.717, 1.165) is 0 Å². The monoisotopic (exact) mass is 150 g/mol. The van der Waals surface area contributed by atoms with Gasteiger partial charge in [-0.3, -0.25) is 9.59 Å². The molecule has 1 aromatic rings. The summed E-state index contributed by atoms with van der Waals surface area (Å²) in [5, 5.41) is 0. The van der Waals surface area contributed by atoms with Crippen molar-refractivity contribution in [2.75, 3.05) is 0 Å². The summed E-state index contributed by atoms with van der Waals surface area (Å²) in [6, 6.07) is 6.04. The van der Waals surface area contributed by atoms with Crippen molar-refractivity contribution < 1.29 is 11.0 Å². The van der Waals surface area contributed by atoms with Crippen LogP contribution in [0.25, 0.3) is 0 Å². The number of aldehydes is 1. The molecule has 0 atom stereocenters. The van der Waals surface area contributed by atoms with Gasteiger partial charge in [0.25, 0.3) is 0 Å². The Morgan fingerprint density at radius 3 is 2.55 bits per heavy atom. The molecule has 0 aromatic heterocycles. The molecule has 0 spiro atoms. The van der Waals surface area contributed by atoms with Crippen molar-refractivity contribution >= 4 is 12.2 Å². The maximum absolute atomic E-state index is 10.8. The van der Waals surface area contributed by atoms with Crippen LogP contribution in [0.2, 0.25) is 1.41 Å². The maximum atomic E-state index is 10.8. The molecule has 0 saturated heterocycles. The zero-order valence-corrected chi connectivity index (χ0v) is 5.70. The molecule has 0 aliphatic carbocycles. The van der Waals surface area contributed by atoms with Gasteiger partial charge in [0.1, 0.15) is 6.29 Å². The van der Waals surface area contributed by atoms with Crippen LogP contribution in [-0.4, -0.2) is 12.2 Å². The smallest absolute Gasteiger partial charge is 0.248 e. The molecule has 0 radical (unpaired) electrons. The Hall–Kier alpha value is -1.64. The van der Waals surface area contributed by atoms with Crippen LogP contribution in [0, 0.1) is 0 Å². The molecule has 0 aliphatic rings. The quantitative estimate of drug-likeness (QED) is 0.627. The van der Waals surface area contributed by atoms with Crippen molar-refractivity contribution in [3.05, 3.63) is 35.4 Å². The van der Waals surface area contributed by atoms with E-state index < -0.39 is 5.91 Å². The Labute approximate surface area is 65.3 Å². The highest BCUT2D eigenvalue weighted by Gasteiger charge is 1.97. The van der Waals surface area contributed by atoms with Crippen molar-refractivity contribution in [3.63, 3.8) is 0 Å². The first-order valence-corrected chi connectivity index (χ1v) is 3.05. The van der Waals surface area contributed by atoms with E-state index in [9.17, 15) is 9.59 Å². The lowest BCUT2D eigenvalue weighted by molar-refractivity contribution is 0.0999. The number of carbonyl (C=O) groups is 2. The fraction of sp³-hybridized carbons (Fsp3) is 0. The summed E-state index contributed by atoms with van der Waals surface area (Å²) in [4.78, 5) is 21.0. The minimum Gasteiger partial charge on any atom is -0.366 e. The van der Waals surface area contributed by atoms with Crippen molar-refractivity contribution in [1.82, 2.24) is 0 Å². The summed E-state index contributed by atoms with van der Waals surface area (Å²) >= 11 is 0. The minimum absolute atomic E-state index is 0.371. The first-order valence-electron chi connectivity index (χ1n) is 3.55. The number of carbonyl (C=O) groups excluding carboxylic acids is 2. The zero-order chi connectivity index (χ0) is 8.97. The molecule has 56 valence electrons. The Kier molecular flexibility index (Phi) is 1.64. The second-order valence-corrected chi connectivity index (χ2v) is 2.07. The van der Waals surface area contributed by atoms with Gasteiger partial charge in [0.05, 0.1) is 0 Å². The van der Waals surface area contributed by atoms with Crippen LogP contribution in [0.5, 0.6) is 0 Å². The van der Waals surface area contributed by atoms with Gasteiger partial charge in [0, 0.05) is 11.1 Å². The normalized spacial score (nSPS) is 10.0. The van der Waals surface area contributed by atoms with E-state index in [-0.39, 0.29) is 0 Å². The predicted octanol–water partition coefficient (Wildman–Crippen LogP) is 0.598. The van der Waals surface area contributed by atoms with Gasteiger partial charge < -0.3 is 5.73 Å². The van der Waals surface area contributed by atoms with E-state index in [4.69, 9.17) is 1.41 Å². The summed E-state index contributed by atoms with van der Waals surface area (Å²) in [7, 11) is 0. The van der Waals surface area contributed by atoms with E-state index in [0.29, 0.717) is 17.4 Å². The van der Waals surface area contributed by atoms with E-state index >= 15 is 0 Å². The highest BCUT2D eigenvalue weighted by atomic mass is 16.1. The standard InChI is InChI=1S/C8H7NO2/c9-8(11)7-3-1-6(5-10)2-4-7/h1-5H,(H2,9,11)/i/hD. The lowest BCUT2D eigenvalue weighted by Crippen LogP contribution is -2.10. The van der Waals surface area contributed by atoms with E-state index in [1.165, 1.54) is 24.3 Å². The zero-order valence-electron chi connectivity index (χ0n) is 6.70. The average molecular weight is 150 g/mol. The number of nitrogens with two attached hydrogens (primary N) is 1. The largest absolute Gasteiger partial charge is 0.366 e. The third-order valence-electron chi connectivity index (χ3n) is 1.31. The third-order valence-corrected chi connectivity index (χ3v) is 1.31. The van der Waals surface area contributed by atoms with Gasteiger partial charge in [0.15, 0.2) is 1.41 Å². The molecule has 0 bridgehead atoms. The van der Waals surface area contributed by atoms with Gasteiger partial charge in [-0.2, -0.15) is 0 Å². The Balaban J connectivity index is 2.91. The Bertz CT molecular complexity index is 294. The van der Waals surface area contributed by atoms with Crippen LogP contribution in [0.4, 0.5) is 0 Å². The van der Waals surface area contributed by atoms with Crippen molar-refractivity contribution in [3.8, 4) is 0 Å². The van der Waals surface area contributed by atoms with Crippen LogP contribution >= 0.6 is 0 Å². The maximum Gasteiger partial charge on any atom is 0.248 e. The van der Waals surface area contributed by atoms with E-state index in [1.54, 1.807) is 5.73 Å². The summed E-state index contributed by atoms with van der Waals surface area (Å²) in [5.41, 5.74) is 2.62. The first-order chi connectivity index (χ1) is 5.77. The SMILES string of the molecule is [2H]NC(=O)c1ccc(C=O)cc1. The van der Waals surface area contributed by atoms with Crippen LogP contribution in [-0.2, 0) is 0 Å². The van der Waals surface area contributed by atoms with Crippen molar-refractivity contribution in [2.45, 2.75) is 0 Å². The molecule has 3 nitrogen and oxygen atoms in total. The molecular formula is C8H7NO2. The predicted molar refractivity (Wildman–Crippen MR) is 40.3 cm³/mol. The van der Waals surface area contributed by atoms with Gasteiger partial charge in [0.2, 0.25) is 5.91 Å². The highest BCUT2D eigenvalue weighted by molar-refractivity contribution is 5.93. The molecule has 0 heterocycles. The molecule has 0 unspecified atom stereocenters. The van der Waals surface area contributed by atoms with Crippen molar-refractivity contribution in [1.29, 1.82) is 0 Å². The molecule has 1 amide bonds. The number of hydrogen-bond acceptors (Lipinski definition) is 2. The number of primary amides is 1. The Morgan fingerprint density at radius 2 is 2.09 bits per heavy atom. The number of hydrogen-bond donors (Lipinski definition) is 1. The second kappa shape index (κ2) is 2.96. The minimum atomic E-state index is -0.479. The van der Waals surface area contributed by atoms with Crippen LogP contribution in [0.3, 0.4) is 0 Å². The Morgan fingerprint density at radius 1 is 1.45 bits per heavy atom. The molecule has 3 heteroatoms. The molecule has 0 fully saturated rings. The molecule has 0 saturated carbocycles. The number of benzene rings is 1. The topological polar surface area (TPSA) is 60.2 Å². The van der Waals surface area contributed by atoms with Gasteiger partial charge in [-0.05, 0) is 12.1 Å². The lowest BCUT2D eigenvalue weighted by atomic mass is 10.1.